The Morgan fingerprint density at radius 2 is 1.89 bits per heavy atom. The molecule has 1 amide bonds. The molecule has 0 saturated heterocycles. The number of ketones is 1. The van der Waals surface area contributed by atoms with Gasteiger partial charge in [0.05, 0.1) is 0 Å². The minimum absolute atomic E-state index is 0.0827. The third-order valence-electron chi connectivity index (χ3n) is 7.04. The number of hydrogen-bond donors (Lipinski definition) is 1. The third-order valence-corrected chi connectivity index (χ3v) is 7.04. The number of hydrogen-bond acceptors (Lipinski definition) is 4. The van der Waals surface area contributed by atoms with Crippen LogP contribution in [0.25, 0.3) is 22.0 Å². The van der Waals surface area contributed by atoms with E-state index in [4.69, 9.17) is 0 Å². The lowest BCUT2D eigenvalue weighted by molar-refractivity contribution is -0.115. The number of nitrogens with zero attached hydrogens (tertiary/aromatic N) is 3. The van der Waals surface area contributed by atoms with Gasteiger partial charge < -0.3 is 14.8 Å². The van der Waals surface area contributed by atoms with E-state index in [1.807, 2.05) is 39.1 Å². The van der Waals surface area contributed by atoms with Crippen LogP contribution in [0.5, 0.6) is 0 Å². The standard InChI is InChI=1S/C31H38N4O2/c1-19(2)35-18-22(5)30-26(31(37)33-17-27-21(4)12-20(3)13-29(27)36)14-24(15-28(30)35)23-8-9-25(32-16-23)10-11-34(6)7/h8-9,12,14-16,18-19H,10-11,13,17H2,1-7H3,(H,33,37). The molecule has 1 aliphatic carbocycles. The van der Waals surface area contributed by atoms with Crippen LogP contribution in [0, 0.1) is 6.92 Å². The molecule has 0 bridgehead atoms. The fraction of sp³-hybridized carbons (Fsp3) is 0.387. The first-order valence-corrected chi connectivity index (χ1v) is 13.0. The number of carbonyl (C=O) groups is 2. The minimum Gasteiger partial charge on any atom is -0.348 e. The van der Waals surface area contributed by atoms with Gasteiger partial charge in [0.25, 0.3) is 5.91 Å². The van der Waals surface area contributed by atoms with Gasteiger partial charge in [0.2, 0.25) is 0 Å². The van der Waals surface area contributed by atoms with Crippen molar-refractivity contribution in [3.63, 3.8) is 0 Å². The summed E-state index contributed by atoms with van der Waals surface area (Å²) in [7, 11) is 4.11. The van der Waals surface area contributed by atoms with Crippen LogP contribution < -0.4 is 5.32 Å². The topological polar surface area (TPSA) is 67.2 Å². The molecule has 0 unspecified atom stereocenters. The summed E-state index contributed by atoms with van der Waals surface area (Å²) < 4.78 is 2.22. The molecule has 1 aliphatic rings. The van der Waals surface area contributed by atoms with Gasteiger partial charge in [0.1, 0.15) is 0 Å². The highest BCUT2D eigenvalue weighted by molar-refractivity contribution is 6.10. The zero-order valence-electron chi connectivity index (χ0n) is 23.1. The number of Topliss-reactive ketones (excluding diaryl/α,β-unsaturated/α-hetero) is 1. The molecule has 1 aromatic carbocycles. The third kappa shape index (κ3) is 5.75. The Morgan fingerprint density at radius 3 is 2.51 bits per heavy atom. The van der Waals surface area contributed by atoms with Crippen molar-refractivity contribution in [3.05, 3.63) is 76.3 Å². The maximum absolute atomic E-state index is 13.6. The summed E-state index contributed by atoms with van der Waals surface area (Å²) in [5.41, 5.74) is 8.33. The number of aromatic nitrogens is 2. The fourth-order valence-corrected chi connectivity index (χ4v) is 5.03. The summed E-state index contributed by atoms with van der Waals surface area (Å²) in [6, 6.07) is 8.51. The Hall–Kier alpha value is -3.51. The Morgan fingerprint density at radius 1 is 1.14 bits per heavy atom. The highest BCUT2D eigenvalue weighted by atomic mass is 16.2. The first kappa shape index (κ1) is 26.6. The van der Waals surface area contributed by atoms with Crippen molar-refractivity contribution in [2.24, 2.45) is 0 Å². The van der Waals surface area contributed by atoms with Crippen LogP contribution in [0.2, 0.25) is 0 Å². The molecule has 194 valence electrons. The number of aryl methyl sites for hydroxylation is 1. The van der Waals surface area contributed by atoms with E-state index in [1.54, 1.807) is 0 Å². The van der Waals surface area contributed by atoms with Crippen LogP contribution in [-0.2, 0) is 11.2 Å². The largest absolute Gasteiger partial charge is 0.348 e. The number of fused-ring (bicyclic) bond motifs is 1. The molecule has 3 aromatic rings. The molecule has 1 N–H and O–H groups in total. The first-order valence-electron chi connectivity index (χ1n) is 13.0. The molecule has 6 heteroatoms. The monoisotopic (exact) mass is 498 g/mol. The van der Waals surface area contributed by atoms with Gasteiger partial charge in [0.15, 0.2) is 5.78 Å². The molecule has 0 saturated carbocycles. The summed E-state index contributed by atoms with van der Waals surface area (Å²) in [5.74, 6) is -0.0920. The van der Waals surface area contributed by atoms with E-state index in [-0.39, 0.29) is 24.3 Å². The van der Waals surface area contributed by atoms with Gasteiger partial charge in [-0.2, -0.15) is 0 Å². The van der Waals surface area contributed by atoms with Crippen LogP contribution in [0.4, 0.5) is 0 Å². The van der Waals surface area contributed by atoms with Crippen molar-refractivity contribution >= 4 is 22.6 Å². The number of amides is 1. The zero-order valence-corrected chi connectivity index (χ0v) is 23.1. The molecule has 0 spiro atoms. The molecule has 2 aromatic heterocycles. The zero-order chi connectivity index (χ0) is 26.9. The fourth-order valence-electron chi connectivity index (χ4n) is 5.03. The molecule has 0 aliphatic heterocycles. The molecule has 4 rings (SSSR count). The quantitative estimate of drug-likeness (QED) is 0.435. The second-order valence-electron chi connectivity index (χ2n) is 10.8. The second-order valence-corrected chi connectivity index (χ2v) is 10.8. The van der Waals surface area contributed by atoms with Gasteiger partial charge in [-0.1, -0.05) is 17.7 Å². The number of allylic oxidation sites excluding steroid dienone is 3. The van der Waals surface area contributed by atoms with Gasteiger partial charge in [-0.25, -0.2) is 0 Å². The van der Waals surface area contributed by atoms with Crippen molar-refractivity contribution in [1.29, 1.82) is 0 Å². The minimum atomic E-state index is -0.175. The molecule has 6 nitrogen and oxygen atoms in total. The smallest absolute Gasteiger partial charge is 0.252 e. The molecule has 2 heterocycles. The van der Waals surface area contributed by atoms with Crippen molar-refractivity contribution < 1.29 is 9.59 Å². The van der Waals surface area contributed by atoms with E-state index >= 15 is 0 Å². The number of carbonyl (C=O) groups excluding carboxylic acids is 2. The number of rotatable bonds is 8. The average Bonchev–Trinajstić information content (AvgIpc) is 3.18. The first-order chi connectivity index (χ1) is 17.5. The van der Waals surface area contributed by atoms with Crippen LogP contribution in [0.15, 0.2) is 59.5 Å². The Balaban J connectivity index is 1.72. The van der Waals surface area contributed by atoms with Gasteiger partial charge in [-0.3, -0.25) is 14.6 Å². The van der Waals surface area contributed by atoms with E-state index in [0.717, 1.165) is 57.4 Å². The maximum atomic E-state index is 13.6. The van der Waals surface area contributed by atoms with Crippen molar-refractivity contribution in [2.45, 2.75) is 53.5 Å². The summed E-state index contributed by atoms with van der Waals surface area (Å²) in [5, 5.41) is 3.99. The van der Waals surface area contributed by atoms with Gasteiger partial charge in [0, 0.05) is 77.7 Å². The predicted octanol–water partition coefficient (Wildman–Crippen LogP) is 5.66. The van der Waals surface area contributed by atoms with Crippen molar-refractivity contribution in [2.75, 3.05) is 27.2 Å². The molecule has 37 heavy (non-hydrogen) atoms. The van der Waals surface area contributed by atoms with E-state index in [0.29, 0.717) is 17.6 Å². The van der Waals surface area contributed by atoms with Gasteiger partial charge in [-0.05, 0) is 83.6 Å². The summed E-state index contributed by atoms with van der Waals surface area (Å²) in [4.78, 5) is 33.0. The van der Waals surface area contributed by atoms with E-state index in [9.17, 15) is 9.59 Å². The molecular weight excluding hydrogens is 460 g/mol. The normalized spacial score (nSPS) is 14.2. The highest BCUT2D eigenvalue weighted by Crippen LogP contribution is 2.33. The van der Waals surface area contributed by atoms with E-state index < -0.39 is 0 Å². The lowest BCUT2D eigenvalue weighted by Gasteiger charge is -2.17. The summed E-state index contributed by atoms with van der Waals surface area (Å²) in [6.45, 7) is 11.4. The number of benzene rings is 1. The Labute approximate surface area is 220 Å². The molecule has 0 fully saturated rings. The van der Waals surface area contributed by atoms with Crippen LogP contribution in [-0.4, -0.2) is 53.3 Å². The van der Waals surface area contributed by atoms with Gasteiger partial charge in [-0.15, -0.1) is 0 Å². The van der Waals surface area contributed by atoms with Gasteiger partial charge >= 0.3 is 0 Å². The summed E-state index contributed by atoms with van der Waals surface area (Å²) in [6.07, 6.45) is 7.34. The predicted molar refractivity (Wildman–Crippen MR) is 151 cm³/mol. The highest BCUT2D eigenvalue weighted by Gasteiger charge is 2.22. The van der Waals surface area contributed by atoms with E-state index in [1.165, 1.54) is 0 Å². The molecular formula is C31H38N4O2. The van der Waals surface area contributed by atoms with Crippen LogP contribution in [0.1, 0.15) is 61.8 Å². The maximum Gasteiger partial charge on any atom is 0.252 e. The molecule has 0 radical (unpaired) electrons. The van der Waals surface area contributed by atoms with E-state index in [2.05, 4.69) is 72.1 Å². The van der Waals surface area contributed by atoms with Crippen molar-refractivity contribution in [3.8, 4) is 11.1 Å². The second kappa shape index (κ2) is 10.9. The number of likely N-dealkylation sites (N-methyl/N-ethyl adjacent to an activating group) is 1. The van der Waals surface area contributed by atoms with Crippen molar-refractivity contribution in [1.82, 2.24) is 19.8 Å². The number of nitrogens with one attached hydrogen (secondary N) is 1. The lowest BCUT2D eigenvalue weighted by atomic mass is 9.92. The Bertz CT molecular complexity index is 1410. The number of pyridine rings is 1. The molecule has 0 atom stereocenters. The lowest BCUT2D eigenvalue weighted by Crippen LogP contribution is -2.29. The van der Waals surface area contributed by atoms with Crippen LogP contribution in [0.3, 0.4) is 0 Å². The average molecular weight is 499 g/mol. The SMILES string of the molecule is CC1=CC(C)=C(CNC(=O)c2cc(-c3ccc(CCN(C)C)nc3)cc3c2c(C)cn3C(C)C)C(=O)C1. The van der Waals surface area contributed by atoms with Crippen LogP contribution >= 0.6 is 0 Å². The summed E-state index contributed by atoms with van der Waals surface area (Å²) >= 11 is 0. The Kier molecular flexibility index (Phi) is 7.79.